The zero-order chi connectivity index (χ0) is 15.7. The number of fused-ring (bicyclic) bond motifs is 1. The molecule has 22 heavy (non-hydrogen) atoms. The average molecular weight is 319 g/mol. The van der Waals surface area contributed by atoms with E-state index in [-0.39, 0.29) is 12.1 Å². The minimum Gasteiger partial charge on any atom is -0.313 e. The van der Waals surface area contributed by atoms with Crippen LogP contribution in [0.5, 0.6) is 0 Å². The molecule has 6 heteroatoms. The minimum absolute atomic E-state index is 0.0791. The molecule has 0 radical (unpaired) electrons. The van der Waals surface area contributed by atoms with Gasteiger partial charge in [0.15, 0.2) is 0 Å². The summed E-state index contributed by atoms with van der Waals surface area (Å²) in [6.07, 6.45) is 4.15. The Morgan fingerprint density at radius 1 is 1.27 bits per heavy atom. The molecule has 5 nitrogen and oxygen atoms in total. The van der Waals surface area contributed by atoms with Crippen molar-refractivity contribution >= 4 is 20.8 Å². The van der Waals surface area contributed by atoms with Gasteiger partial charge in [-0.3, -0.25) is 4.98 Å². The highest BCUT2D eigenvalue weighted by Gasteiger charge is 2.33. The molecule has 1 aromatic heterocycles. The first-order valence-corrected chi connectivity index (χ1v) is 9.04. The van der Waals surface area contributed by atoms with Gasteiger partial charge in [-0.25, -0.2) is 8.42 Å². The molecule has 2 heterocycles. The third-order valence-corrected chi connectivity index (χ3v) is 6.47. The predicted molar refractivity (Wildman–Crippen MR) is 87.2 cm³/mol. The number of rotatable bonds is 2. The summed E-state index contributed by atoms with van der Waals surface area (Å²) in [5.74, 6) is 0. The fraction of sp³-hybridized carbons (Fsp3) is 0.438. The van der Waals surface area contributed by atoms with E-state index >= 15 is 0 Å². The number of hydrogen-bond acceptors (Lipinski definition) is 4. The van der Waals surface area contributed by atoms with Crippen LogP contribution in [0.4, 0.5) is 0 Å². The van der Waals surface area contributed by atoms with E-state index in [0.29, 0.717) is 11.4 Å². The van der Waals surface area contributed by atoms with Gasteiger partial charge < -0.3 is 5.32 Å². The van der Waals surface area contributed by atoms with Crippen molar-refractivity contribution in [2.45, 2.75) is 37.2 Å². The van der Waals surface area contributed by atoms with Crippen LogP contribution in [0.2, 0.25) is 0 Å². The van der Waals surface area contributed by atoms with E-state index in [1.165, 1.54) is 0 Å². The van der Waals surface area contributed by atoms with Crippen LogP contribution in [0, 0.1) is 0 Å². The maximum atomic E-state index is 13.2. The van der Waals surface area contributed by atoms with Crippen molar-refractivity contribution < 1.29 is 8.42 Å². The molecule has 2 unspecified atom stereocenters. The molecular weight excluding hydrogens is 298 g/mol. The minimum atomic E-state index is -3.53. The Morgan fingerprint density at radius 2 is 2.09 bits per heavy atom. The van der Waals surface area contributed by atoms with Gasteiger partial charge in [0.2, 0.25) is 10.0 Å². The third-order valence-electron chi connectivity index (χ3n) is 4.43. The summed E-state index contributed by atoms with van der Waals surface area (Å²) in [4.78, 5) is 4.44. The molecule has 1 aliphatic rings. The largest absolute Gasteiger partial charge is 0.313 e. The van der Waals surface area contributed by atoms with E-state index in [9.17, 15) is 8.42 Å². The molecule has 2 atom stereocenters. The molecule has 0 spiro atoms. The molecule has 0 saturated carbocycles. The van der Waals surface area contributed by atoms with Crippen LogP contribution < -0.4 is 5.32 Å². The zero-order valence-electron chi connectivity index (χ0n) is 12.9. The standard InChI is InChI=1S/C16H21N3O2S/c1-12-13(2)19(10-4-8-18-12)22(20,21)16-6-3-5-14-11-17-9-7-15(14)16/h3,5-7,9,11-13,18H,4,8,10H2,1-2H3. The van der Waals surface area contributed by atoms with E-state index in [2.05, 4.69) is 10.3 Å². The second kappa shape index (κ2) is 5.95. The van der Waals surface area contributed by atoms with Crippen molar-refractivity contribution in [1.82, 2.24) is 14.6 Å². The normalized spacial score (nSPS) is 24.3. The number of nitrogens with zero attached hydrogens (tertiary/aromatic N) is 2. The number of sulfonamides is 1. The monoisotopic (exact) mass is 319 g/mol. The van der Waals surface area contributed by atoms with Crippen molar-refractivity contribution in [2.75, 3.05) is 13.1 Å². The first kappa shape index (κ1) is 15.4. The third kappa shape index (κ3) is 2.62. The van der Waals surface area contributed by atoms with Gasteiger partial charge in [-0.2, -0.15) is 4.31 Å². The highest BCUT2D eigenvalue weighted by Crippen LogP contribution is 2.27. The van der Waals surface area contributed by atoms with Gasteiger partial charge in [0, 0.05) is 41.8 Å². The van der Waals surface area contributed by atoms with Crippen molar-refractivity contribution in [3.63, 3.8) is 0 Å². The highest BCUT2D eigenvalue weighted by atomic mass is 32.2. The molecular formula is C16H21N3O2S. The summed E-state index contributed by atoms with van der Waals surface area (Å²) in [7, 11) is -3.53. The predicted octanol–water partition coefficient (Wildman–Crippen LogP) is 2.00. The Bertz CT molecular complexity index is 771. The quantitative estimate of drug-likeness (QED) is 0.919. The van der Waals surface area contributed by atoms with E-state index in [1.807, 2.05) is 19.9 Å². The lowest BCUT2D eigenvalue weighted by molar-refractivity contribution is 0.312. The summed E-state index contributed by atoms with van der Waals surface area (Å²) < 4.78 is 28.0. The molecule has 0 amide bonds. The molecule has 0 aliphatic carbocycles. The van der Waals surface area contributed by atoms with Crippen LogP contribution in [0.3, 0.4) is 0 Å². The lowest BCUT2D eigenvalue weighted by Crippen LogP contribution is -2.46. The summed E-state index contributed by atoms with van der Waals surface area (Å²) in [5, 5.41) is 4.94. The van der Waals surface area contributed by atoms with Crippen molar-refractivity contribution in [3.8, 4) is 0 Å². The van der Waals surface area contributed by atoms with Crippen LogP contribution in [-0.4, -0.2) is 42.9 Å². The van der Waals surface area contributed by atoms with Crippen molar-refractivity contribution in [3.05, 3.63) is 36.7 Å². The van der Waals surface area contributed by atoms with Gasteiger partial charge in [0.05, 0.1) is 4.90 Å². The molecule has 3 rings (SSSR count). The molecule has 2 aromatic rings. The van der Waals surface area contributed by atoms with Crippen LogP contribution in [0.15, 0.2) is 41.6 Å². The van der Waals surface area contributed by atoms with Gasteiger partial charge in [0.25, 0.3) is 0 Å². The van der Waals surface area contributed by atoms with Crippen LogP contribution >= 0.6 is 0 Å². The van der Waals surface area contributed by atoms with Gasteiger partial charge in [-0.1, -0.05) is 12.1 Å². The molecule has 0 bridgehead atoms. The van der Waals surface area contributed by atoms with Gasteiger partial charge in [-0.05, 0) is 38.9 Å². The first-order valence-electron chi connectivity index (χ1n) is 7.60. The number of aromatic nitrogens is 1. The molecule has 1 saturated heterocycles. The van der Waals surface area contributed by atoms with E-state index < -0.39 is 10.0 Å². The van der Waals surface area contributed by atoms with Crippen LogP contribution in [0.25, 0.3) is 10.8 Å². The van der Waals surface area contributed by atoms with Gasteiger partial charge >= 0.3 is 0 Å². The fourth-order valence-electron chi connectivity index (χ4n) is 2.97. The maximum absolute atomic E-state index is 13.2. The number of hydrogen-bond donors (Lipinski definition) is 1. The van der Waals surface area contributed by atoms with Crippen molar-refractivity contribution in [1.29, 1.82) is 0 Å². The summed E-state index contributed by atoms with van der Waals surface area (Å²) in [5.41, 5.74) is 0. The fourth-order valence-corrected chi connectivity index (χ4v) is 4.93. The molecule has 1 fully saturated rings. The Kier molecular flexibility index (Phi) is 4.16. The topological polar surface area (TPSA) is 62.3 Å². The lowest BCUT2D eigenvalue weighted by Gasteiger charge is -2.30. The zero-order valence-corrected chi connectivity index (χ0v) is 13.7. The number of benzene rings is 1. The lowest BCUT2D eigenvalue weighted by atomic mass is 10.2. The van der Waals surface area contributed by atoms with E-state index in [4.69, 9.17) is 0 Å². The van der Waals surface area contributed by atoms with E-state index in [0.717, 1.165) is 23.7 Å². The first-order chi connectivity index (χ1) is 10.5. The maximum Gasteiger partial charge on any atom is 0.243 e. The Balaban J connectivity index is 2.11. The number of nitrogens with one attached hydrogen (secondary N) is 1. The molecule has 1 N–H and O–H groups in total. The second-order valence-electron chi connectivity index (χ2n) is 5.81. The van der Waals surface area contributed by atoms with E-state index in [1.54, 1.807) is 34.9 Å². The van der Waals surface area contributed by atoms with Gasteiger partial charge in [0.1, 0.15) is 0 Å². The highest BCUT2D eigenvalue weighted by molar-refractivity contribution is 7.89. The molecule has 1 aliphatic heterocycles. The summed E-state index contributed by atoms with van der Waals surface area (Å²) in [6.45, 7) is 5.39. The SMILES string of the molecule is CC1NCCCN(S(=O)(=O)c2cccc3cnccc23)C1C. The summed E-state index contributed by atoms with van der Waals surface area (Å²) in [6, 6.07) is 7.18. The molecule has 1 aromatic carbocycles. The Hall–Kier alpha value is -1.50. The number of pyridine rings is 1. The van der Waals surface area contributed by atoms with Gasteiger partial charge in [-0.15, -0.1) is 0 Å². The van der Waals surface area contributed by atoms with Crippen LogP contribution in [0.1, 0.15) is 20.3 Å². The second-order valence-corrected chi connectivity index (χ2v) is 7.66. The summed E-state index contributed by atoms with van der Waals surface area (Å²) >= 11 is 0. The average Bonchev–Trinajstić information content (AvgIpc) is 2.69. The smallest absolute Gasteiger partial charge is 0.243 e. The van der Waals surface area contributed by atoms with Crippen molar-refractivity contribution in [2.24, 2.45) is 0 Å². The Morgan fingerprint density at radius 3 is 2.91 bits per heavy atom. The Labute approximate surface area is 131 Å². The molecule has 118 valence electrons. The van der Waals surface area contributed by atoms with Crippen LogP contribution in [-0.2, 0) is 10.0 Å².